The van der Waals surface area contributed by atoms with Crippen molar-refractivity contribution < 1.29 is 17.9 Å². The maximum Gasteiger partial charge on any atom is 0.266 e. The van der Waals surface area contributed by atoms with E-state index in [2.05, 4.69) is 9.88 Å². The summed E-state index contributed by atoms with van der Waals surface area (Å²) in [6, 6.07) is 13.5. The summed E-state index contributed by atoms with van der Waals surface area (Å²) in [4.78, 5) is 33.1. The molecular formula is C28H25N7O4S. The van der Waals surface area contributed by atoms with Crippen LogP contribution in [0, 0.1) is 0 Å². The highest BCUT2D eigenvalue weighted by atomic mass is 32.2. The van der Waals surface area contributed by atoms with E-state index < -0.39 is 15.9 Å². The molecule has 4 aromatic heterocycles. The van der Waals surface area contributed by atoms with Crippen LogP contribution in [0.25, 0.3) is 40.0 Å². The van der Waals surface area contributed by atoms with Crippen LogP contribution >= 0.6 is 0 Å². The number of benzene rings is 1. The normalized spacial score (nSPS) is 14.3. The summed E-state index contributed by atoms with van der Waals surface area (Å²) >= 11 is 0. The number of rotatable bonds is 6. The summed E-state index contributed by atoms with van der Waals surface area (Å²) in [7, 11) is -3.72. The number of amides is 1. The molecule has 5 heterocycles. The zero-order chi connectivity index (χ0) is 27.7. The minimum Gasteiger partial charge on any atom is -0.378 e. The van der Waals surface area contributed by atoms with E-state index in [9.17, 15) is 13.2 Å². The van der Waals surface area contributed by atoms with Crippen LogP contribution in [0.4, 0.5) is 5.82 Å². The number of para-hydroxylation sites is 1. The third kappa shape index (κ3) is 5.40. The monoisotopic (exact) mass is 555 g/mol. The number of fused-ring (bicyclic) bond motifs is 2. The number of morpholine rings is 1. The molecule has 0 aliphatic carbocycles. The van der Waals surface area contributed by atoms with E-state index >= 15 is 0 Å². The molecule has 1 saturated heterocycles. The number of carbonyl (C=O) groups excluding carboxylic acids is 1. The molecule has 1 amide bonds. The maximum atomic E-state index is 12.5. The number of hydrogen-bond acceptors (Lipinski definition) is 9. The molecule has 0 bridgehead atoms. The fraction of sp³-hybridized carbons (Fsp3) is 0.179. The first-order valence-electron chi connectivity index (χ1n) is 12.6. The number of imidazole rings is 1. The van der Waals surface area contributed by atoms with E-state index in [-0.39, 0.29) is 5.56 Å². The van der Waals surface area contributed by atoms with Gasteiger partial charge >= 0.3 is 0 Å². The van der Waals surface area contributed by atoms with Crippen molar-refractivity contribution in [2.24, 2.45) is 0 Å². The van der Waals surface area contributed by atoms with Crippen LogP contribution in [0.1, 0.15) is 21.7 Å². The number of carbonyl (C=O) groups is 1. The quantitative estimate of drug-likeness (QED) is 0.336. The molecular weight excluding hydrogens is 530 g/mol. The molecule has 1 aliphatic rings. The Morgan fingerprint density at radius 3 is 2.62 bits per heavy atom. The maximum absolute atomic E-state index is 12.5. The van der Waals surface area contributed by atoms with Crippen molar-refractivity contribution in [1.82, 2.24) is 29.1 Å². The van der Waals surface area contributed by atoms with Gasteiger partial charge in [-0.15, -0.1) is 0 Å². The van der Waals surface area contributed by atoms with Crippen LogP contribution in [-0.2, 0) is 14.8 Å². The third-order valence-corrected chi connectivity index (χ3v) is 6.98. The van der Waals surface area contributed by atoms with Crippen molar-refractivity contribution in [3.63, 3.8) is 0 Å². The molecule has 5 aromatic rings. The number of aromatic nitrogens is 5. The second kappa shape index (κ2) is 10.5. The fourth-order valence-corrected chi connectivity index (χ4v) is 5.01. The van der Waals surface area contributed by atoms with E-state index in [1.807, 2.05) is 63.9 Å². The van der Waals surface area contributed by atoms with Gasteiger partial charge in [-0.25, -0.2) is 28.1 Å². The topological polar surface area (TPSA) is 132 Å². The number of nitrogens with zero attached hydrogens (tertiary/aromatic N) is 6. The second-order valence-electron chi connectivity index (χ2n) is 9.35. The number of sulfonamides is 1. The highest BCUT2D eigenvalue weighted by Crippen LogP contribution is 2.27. The van der Waals surface area contributed by atoms with E-state index in [0.29, 0.717) is 48.9 Å². The zero-order valence-corrected chi connectivity index (χ0v) is 22.4. The van der Waals surface area contributed by atoms with Gasteiger partial charge in [-0.05, 0) is 30.4 Å². The van der Waals surface area contributed by atoms with Crippen molar-refractivity contribution in [3.8, 4) is 11.3 Å². The molecule has 0 radical (unpaired) electrons. The Morgan fingerprint density at radius 2 is 1.80 bits per heavy atom. The van der Waals surface area contributed by atoms with Gasteiger partial charge in [0.15, 0.2) is 11.5 Å². The minimum atomic E-state index is -3.72. The van der Waals surface area contributed by atoms with Crippen LogP contribution in [0.2, 0.25) is 0 Å². The van der Waals surface area contributed by atoms with Gasteiger partial charge in [0, 0.05) is 42.6 Å². The smallest absolute Gasteiger partial charge is 0.266 e. The van der Waals surface area contributed by atoms with Gasteiger partial charge < -0.3 is 9.64 Å². The van der Waals surface area contributed by atoms with E-state index in [1.54, 1.807) is 18.5 Å². The van der Waals surface area contributed by atoms with Crippen molar-refractivity contribution in [2.45, 2.75) is 0 Å². The Labute approximate surface area is 230 Å². The second-order valence-corrected chi connectivity index (χ2v) is 11.1. The molecule has 202 valence electrons. The molecule has 1 fully saturated rings. The molecule has 0 unspecified atom stereocenters. The highest BCUT2D eigenvalue weighted by molar-refractivity contribution is 7.89. The summed E-state index contributed by atoms with van der Waals surface area (Å²) in [5.74, 6) is -0.0439. The molecule has 12 heteroatoms. The van der Waals surface area contributed by atoms with Gasteiger partial charge in [0.2, 0.25) is 10.0 Å². The Balaban J connectivity index is 1.41. The van der Waals surface area contributed by atoms with Gasteiger partial charge in [0.05, 0.1) is 53.8 Å². The molecule has 0 saturated carbocycles. The number of hydrogen-bond donors (Lipinski definition) is 1. The molecule has 1 aliphatic heterocycles. The van der Waals surface area contributed by atoms with Gasteiger partial charge in [-0.2, -0.15) is 0 Å². The van der Waals surface area contributed by atoms with Crippen molar-refractivity contribution in [3.05, 3.63) is 84.2 Å². The average molecular weight is 556 g/mol. The number of nitrogens with one attached hydrogen (secondary N) is 1. The molecule has 0 atom stereocenters. The summed E-state index contributed by atoms with van der Waals surface area (Å²) < 4.78 is 32.5. The standard InChI is InChI=1S/C28H25N7O4S/c1-40(37,38)33-28(36)21-14-20(15-29-16-21)25-17-30-26(34-10-12-39-13-11-34)27-32-23(18-35(25)27)9-8-22-7-6-19-4-2-3-5-24(19)31-22/h2-9,14-18H,10-13H2,1H3,(H,33,36). The first-order valence-corrected chi connectivity index (χ1v) is 14.5. The Kier molecular flexibility index (Phi) is 6.70. The molecule has 6 rings (SSSR count). The largest absolute Gasteiger partial charge is 0.378 e. The fourth-order valence-electron chi connectivity index (χ4n) is 4.55. The van der Waals surface area contributed by atoms with Gasteiger partial charge in [0.1, 0.15) is 0 Å². The number of anilines is 1. The molecule has 0 spiro atoms. The first-order chi connectivity index (χ1) is 19.3. The average Bonchev–Trinajstić information content (AvgIpc) is 3.39. The van der Waals surface area contributed by atoms with Gasteiger partial charge in [-0.1, -0.05) is 24.3 Å². The van der Waals surface area contributed by atoms with Crippen LogP contribution in [0.5, 0.6) is 0 Å². The summed E-state index contributed by atoms with van der Waals surface area (Å²) in [6.07, 6.45) is 11.2. The SMILES string of the molecule is CS(=O)(=O)NC(=O)c1cncc(-c2cnc(N3CCOCC3)c3nc(C=Cc4ccc5ccccc5n4)cn23)c1. The Bertz CT molecular complexity index is 1880. The van der Waals surface area contributed by atoms with E-state index in [4.69, 9.17) is 19.7 Å². The van der Waals surface area contributed by atoms with Crippen molar-refractivity contribution in [1.29, 1.82) is 0 Å². The molecule has 11 nitrogen and oxygen atoms in total. The van der Waals surface area contributed by atoms with Crippen LogP contribution in [-0.4, -0.2) is 71.2 Å². The van der Waals surface area contributed by atoms with Gasteiger partial charge in [-0.3, -0.25) is 14.2 Å². The highest BCUT2D eigenvalue weighted by Gasteiger charge is 2.20. The lowest BCUT2D eigenvalue weighted by Crippen LogP contribution is -2.37. The lowest BCUT2D eigenvalue weighted by atomic mass is 10.1. The predicted molar refractivity (Wildman–Crippen MR) is 152 cm³/mol. The van der Waals surface area contributed by atoms with Gasteiger partial charge in [0.25, 0.3) is 5.91 Å². The zero-order valence-electron chi connectivity index (χ0n) is 21.6. The van der Waals surface area contributed by atoms with Crippen molar-refractivity contribution in [2.75, 3.05) is 37.5 Å². The Morgan fingerprint density at radius 1 is 1.00 bits per heavy atom. The molecule has 1 N–H and O–H groups in total. The minimum absolute atomic E-state index is 0.107. The van der Waals surface area contributed by atoms with E-state index in [1.165, 1.54) is 6.20 Å². The number of pyridine rings is 2. The van der Waals surface area contributed by atoms with Crippen LogP contribution in [0.3, 0.4) is 0 Å². The third-order valence-electron chi connectivity index (χ3n) is 6.42. The predicted octanol–water partition coefficient (Wildman–Crippen LogP) is 3.04. The van der Waals surface area contributed by atoms with Crippen LogP contribution < -0.4 is 9.62 Å². The number of ether oxygens (including phenoxy) is 1. The molecule has 40 heavy (non-hydrogen) atoms. The molecule has 1 aromatic carbocycles. The van der Waals surface area contributed by atoms with Crippen molar-refractivity contribution >= 4 is 50.5 Å². The Hall–Kier alpha value is -4.68. The summed E-state index contributed by atoms with van der Waals surface area (Å²) in [5, 5.41) is 1.07. The van der Waals surface area contributed by atoms with Crippen LogP contribution in [0.15, 0.2) is 67.3 Å². The lowest BCUT2D eigenvalue weighted by Gasteiger charge is -2.28. The summed E-state index contributed by atoms with van der Waals surface area (Å²) in [5.41, 5.74) is 4.37. The lowest BCUT2D eigenvalue weighted by molar-refractivity contribution is 0.0981. The van der Waals surface area contributed by atoms with E-state index in [0.717, 1.165) is 28.7 Å². The summed E-state index contributed by atoms with van der Waals surface area (Å²) in [6.45, 7) is 2.56. The first kappa shape index (κ1) is 25.6.